The number of carbonyl (C=O) groups is 1. The lowest BCUT2D eigenvalue weighted by Gasteiger charge is -2.38. The molecule has 1 fully saturated rings. The van der Waals surface area contributed by atoms with Crippen molar-refractivity contribution in [2.45, 2.75) is 46.2 Å². The highest BCUT2D eigenvalue weighted by Gasteiger charge is 2.28. The molecule has 0 aliphatic carbocycles. The number of nitrogens with zero attached hydrogens (tertiary/aromatic N) is 5. The molecular formula is C16H25N5O3. The number of rotatable bonds is 6. The molecule has 0 radical (unpaired) electrons. The Hall–Kier alpha value is -2.14. The summed E-state index contributed by atoms with van der Waals surface area (Å²) in [5.41, 5.74) is 0. The van der Waals surface area contributed by atoms with Crippen LogP contribution in [0.1, 0.15) is 33.1 Å². The van der Waals surface area contributed by atoms with Crippen molar-refractivity contribution in [3.8, 4) is 6.07 Å². The van der Waals surface area contributed by atoms with Crippen LogP contribution < -0.4 is 5.76 Å². The molecule has 2 rings (SSSR count). The maximum Gasteiger partial charge on any atom is 0.437 e. The molecular weight excluding hydrogens is 310 g/mol. The minimum absolute atomic E-state index is 0.0993. The molecule has 1 amide bonds. The third-order valence-electron chi connectivity index (χ3n) is 4.22. The van der Waals surface area contributed by atoms with Gasteiger partial charge in [-0.05, 0) is 12.3 Å². The molecule has 1 aromatic rings. The molecule has 1 aliphatic rings. The van der Waals surface area contributed by atoms with Crippen molar-refractivity contribution in [3.63, 3.8) is 0 Å². The Morgan fingerprint density at radius 1 is 1.33 bits per heavy atom. The Bertz CT molecular complexity index is 649. The summed E-state index contributed by atoms with van der Waals surface area (Å²) in [4.78, 5) is 27.9. The fourth-order valence-electron chi connectivity index (χ4n) is 2.89. The first kappa shape index (κ1) is 18.2. The molecule has 8 nitrogen and oxygen atoms in total. The Morgan fingerprint density at radius 3 is 2.54 bits per heavy atom. The lowest BCUT2D eigenvalue weighted by atomic mass is 10.0. The molecule has 1 aliphatic heterocycles. The van der Waals surface area contributed by atoms with Crippen LogP contribution >= 0.6 is 0 Å². The lowest BCUT2D eigenvalue weighted by Crippen LogP contribution is -2.53. The van der Waals surface area contributed by atoms with Gasteiger partial charge in [0.25, 0.3) is 0 Å². The number of piperazine rings is 1. The van der Waals surface area contributed by atoms with Gasteiger partial charge in [0.15, 0.2) is 0 Å². The van der Waals surface area contributed by atoms with Crippen molar-refractivity contribution < 1.29 is 9.21 Å². The molecule has 0 unspecified atom stereocenters. The van der Waals surface area contributed by atoms with E-state index in [1.807, 2.05) is 20.8 Å². The van der Waals surface area contributed by atoms with Crippen LogP contribution in [0.2, 0.25) is 0 Å². The Kier molecular flexibility index (Phi) is 6.15. The van der Waals surface area contributed by atoms with Gasteiger partial charge in [-0.2, -0.15) is 9.94 Å². The van der Waals surface area contributed by atoms with E-state index in [9.17, 15) is 14.9 Å². The van der Waals surface area contributed by atoms with E-state index in [2.05, 4.69) is 16.1 Å². The third-order valence-corrected chi connectivity index (χ3v) is 4.22. The number of aryl methyl sites for hydroxylation is 1. The third kappa shape index (κ3) is 4.23. The van der Waals surface area contributed by atoms with Crippen LogP contribution in [0.15, 0.2) is 9.21 Å². The lowest BCUT2D eigenvalue weighted by molar-refractivity contribution is -0.134. The summed E-state index contributed by atoms with van der Waals surface area (Å²) in [5.74, 6) is -0.113. The van der Waals surface area contributed by atoms with Crippen LogP contribution in [0.25, 0.3) is 0 Å². The van der Waals surface area contributed by atoms with E-state index in [-0.39, 0.29) is 24.4 Å². The van der Waals surface area contributed by atoms with Crippen molar-refractivity contribution in [1.29, 1.82) is 5.26 Å². The fourth-order valence-corrected chi connectivity index (χ4v) is 2.89. The highest BCUT2D eigenvalue weighted by atomic mass is 16.4. The summed E-state index contributed by atoms with van der Waals surface area (Å²) in [5, 5.41) is 13.3. The van der Waals surface area contributed by atoms with Crippen LogP contribution in [0.4, 0.5) is 0 Å². The van der Waals surface area contributed by atoms with Crippen molar-refractivity contribution in [1.82, 2.24) is 19.6 Å². The van der Waals surface area contributed by atoms with Gasteiger partial charge in [0.1, 0.15) is 12.6 Å². The van der Waals surface area contributed by atoms with E-state index in [1.54, 1.807) is 4.90 Å². The van der Waals surface area contributed by atoms with Crippen LogP contribution in [-0.4, -0.2) is 57.7 Å². The zero-order valence-corrected chi connectivity index (χ0v) is 14.6. The van der Waals surface area contributed by atoms with E-state index in [4.69, 9.17) is 4.42 Å². The fraction of sp³-hybridized carbons (Fsp3) is 0.750. The van der Waals surface area contributed by atoms with Gasteiger partial charge in [0, 0.05) is 32.6 Å². The second-order valence-electron chi connectivity index (χ2n) is 6.40. The normalized spacial score (nSPS) is 17.0. The number of hydrogen-bond donors (Lipinski definition) is 0. The molecule has 1 atom stereocenters. The van der Waals surface area contributed by atoms with Gasteiger partial charge in [-0.1, -0.05) is 20.8 Å². The zero-order valence-electron chi connectivity index (χ0n) is 14.6. The highest BCUT2D eigenvalue weighted by molar-refractivity contribution is 5.76. The van der Waals surface area contributed by atoms with Gasteiger partial charge in [0.2, 0.25) is 11.8 Å². The van der Waals surface area contributed by atoms with Gasteiger partial charge in [-0.3, -0.25) is 9.69 Å². The predicted octanol–water partition coefficient (Wildman–Crippen LogP) is 0.481. The molecule has 1 saturated heterocycles. The number of aromatic nitrogens is 2. The zero-order chi connectivity index (χ0) is 17.7. The van der Waals surface area contributed by atoms with Crippen LogP contribution in [-0.2, 0) is 17.8 Å². The highest BCUT2D eigenvalue weighted by Crippen LogP contribution is 2.13. The number of amides is 1. The molecule has 1 aromatic heterocycles. The van der Waals surface area contributed by atoms with Crippen LogP contribution in [0.5, 0.6) is 0 Å². The molecule has 24 heavy (non-hydrogen) atoms. The van der Waals surface area contributed by atoms with Gasteiger partial charge in [0.05, 0.1) is 6.07 Å². The van der Waals surface area contributed by atoms with Crippen LogP contribution in [0, 0.1) is 17.2 Å². The minimum atomic E-state index is -0.588. The second kappa shape index (κ2) is 8.11. The first-order valence-corrected chi connectivity index (χ1v) is 8.44. The standard InChI is InChI=1S/C16H25N5O3/c1-4-5-14-18-21(16(23)24-14)11-15(22)20-8-6-19(7-9-20)13(10-17)12(2)3/h12-13H,4-9,11H2,1-3H3/t13-/m1/s1. The first-order valence-electron chi connectivity index (χ1n) is 8.44. The molecule has 132 valence electrons. The van der Waals surface area contributed by atoms with E-state index in [0.29, 0.717) is 38.5 Å². The summed E-state index contributed by atoms with van der Waals surface area (Å²) < 4.78 is 6.10. The minimum Gasteiger partial charge on any atom is -0.392 e. The molecule has 8 heteroatoms. The van der Waals surface area contributed by atoms with Crippen molar-refractivity contribution in [2.75, 3.05) is 26.2 Å². The Morgan fingerprint density at radius 2 is 2.00 bits per heavy atom. The van der Waals surface area contributed by atoms with Crippen molar-refractivity contribution in [3.05, 3.63) is 16.4 Å². The smallest absolute Gasteiger partial charge is 0.392 e. The number of hydrogen-bond acceptors (Lipinski definition) is 6. The summed E-state index contributed by atoms with van der Waals surface area (Å²) in [6.45, 7) is 8.35. The van der Waals surface area contributed by atoms with Gasteiger partial charge in [-0.25, -0.2) is 4.79 Å². The molecule has 2 heterocycles. The van der Waals surface area contributed by atoms with E-state index in [1.165, 1.54) is 0 Å². The topological polar surface area (TPSA) is 95.4 Å². The van der Waals surface area contributed by atoms with Crippen molar-refractivity contribution >= 4 is 5.91 Å². The predicted molar refractivity (Wildman–Crippen MR) is 87.2 cm³/mol. The average molecular weight is 335 g/mol. The quantitative estimate of drug-likeness (QED) is 0.750. The average Bonchev–Trinajstić information content (AvgIpc) is 2.88. The number of nitriles is 1. The van der Waals surface area contributed by atoms with Gasteiger partial charge >= 0.3 is 5.76 Å². The van der Waals surface area contributed by atoms with Gasteiger partial charge in [-0.15, -0.1) is 5.10 Å². The molecule has 0 spiro atoms. The monoisotopic (exact) mass is 335 g/mol. The summed E-state index contributed by atoms with van der Waals surface area (Å²) >= 11 is 0. The van der Waals surface area contributed by atoms with Crippen molar-refractivity contribution in [2.24, 2.45) is 5.92 Å². The summed E-state index contributed by atoms with van der Waals surface area (Å²) in [6.07, 6.45) is 1.41. The molecule has 0 saturated carbocycles. The molecule has 0 bridgehead atoms. The van der Waals surface area contributed by atoms with Gasteiger partial charge < -0.3 is 9.32 Å². The second-order valence-corrected chi connectivity index (χ2v) is 6.40. The van der Waals surface area contributed by atoms with Crippen LogP contribution in [0.3, 0.4) is 0 Å². The SMILES string of the molecule is CCCc1nn(CC(=O)N2CCN([C@H](C#N)C(C)C)CC2)c(=O)o1. The summed E-state index contributed by atoms with van der Waals surface area (Å²) in [6, 6.07) is 2.20. The van der Waals surface area contributed by atoms with E-state index >= 15 is 0 Å². The Labute approximate surface area is 141 Å². The summed E-state index contributed by atoms with van der Waals surface area (Å²) in [7, 11) is 0. The molecule has 0 aromatic carbocycles. The van der Waals surface area contributed by atoms with E-state index in [0.717, 1.165) is 11.1 Å². The maximum absolute atomic E-state index is 12.4. The first-order chi connectivity index (χ1) is 11.5. The van der Waals surface area contributed by atoms with E-state index < -0.39 is 5.76 Å². The Balaban J connectivity index is 1.91. The largest absolute Gasteiger partial charge is 0.437 e. The number of carbonyl (C=O) groups excluding carboxylic acids is 1. The molecule has 0 N–H and O–H groups in total. The maximum atomic E-state index is 12.4.